The summed E-state index contributed by atoms with van der Waals surface area (Å²) in [5, 5.41) is 4.65. The summed E-state index contributed by atoms with van der Waals surface area (Å²) in [5.74, 6) is 0. The SMILES string of the molecule is CC[NH2+]C[C@@H]1C[NH2+]C[C@H](C)O1. The van der Waals surface area contributed by atoms with Crippen molar-refractivity contribution in [3.63, 3.8) is 0 Å². The van der Waals surface area contributed by atoms with Gasteiger partial charge in [-0.2, -0.15) is 0 Å². The van der Waals surface area contributed by atoms with Gasteiger partial charge in [-0.3, -0.25) is 0 Å². The number of rotatable bonds is 3. The Kier molecular flexibility index (Phi) is 3.83. The molecule has 66 valence electrons. The van der Waals surface area contributed by atoms with Crippen LogP contribution in [0, 0.1) is 0 Å². The molecule has 2 atom stereocenters. The van der Waals surface area contributed by atoms with Gasteiger partial charge in [0.25, 0.3) is 0 Å². The number of hydrogen-bond acceptors (Lipinski definition) is 1. The van der Waals surface area contributed by atoms with Gasteiger partial charge in [-0.1, -0.05) is 0 Å². The normalized spacial score (nSPS) is 32.2. The van der Waals surface area contributed by atoms with Gasteiger partial charge in [-0.15, -0.1) is 0 Å². The van der Waals surface area contributed by atoms with Crippen LogP contribution in [0.2, 0.25) is 0 Å². The third kappa shape index (κ3) is 3.18. The minimum Gasteiger partial charge on any atom is -0.358 e. The first kappa shape index (κ1) is 8.97. The minimum atomic E-state index is 0.444. The predicted octanol–water partition coefficient (Wildman–Crippen LogP) is -2.08. The molecular formula is C8H20N2O+2. The van der Waals surface area contributed by atoms with E-state index in [0.717, 1.165) is 26.2 Å². The molecule has 0 radical (unpaired) electrons. The van der Waals surface area contributed by atoms with Gasteiger partial charge in [0.1, 0.15) is 25.7 Å². The summed E-state index contributed by atoms with van der Waals surface area (Å²) in [4.78, 5) is 0. The second-order valence-corrected chi connectivity index (χ2v) is 3.26. The van der Waals surface area contributed by atoms with Crippen LogP contribution in [-0.2, 0) is 4.74 Å². The summed E-state index contributed by atoms with van der Waals surface area (Å²) in [6, 6.07) is 0. The number of quaternary nitrogens is 2. The third-order valence-corrected chi connectivity index (χ3v) is 2.07. The zero-order chi connectivity index (χ0) is 8.10. The summed E-state index contributed by atoms with van der Waals surface area (Å²) in [5.41, 5.74) is 0. The lowest BCUT2D eigenvalue weighted by Crippen LogP contribution is -2.95. The van der Waals surface area contributed by atoms with Gasteiger partial charge in [-0.05, 0) is 13.8 Å². The standard InChI is InChI=1S/C8H18N2O/c1-3-9-5-8-6-10-4-7(2)11-8/h7-10H,3-6H2,1-2H3/p+2/t7-,8+/m0/s1. The molecule has 1 saturated heterocycles. The van der Waals surface area contributed by atoms with E-state index in [0.29, 0.717) is 12.2 Å². The predicted molar refractivity (Wildman–Crippen MR) is 43.3 cm³/mol. The minimum absolute atomic E-state index is 0.444. The Labute approximate surface area is 68.5 Å². The summed E-state index contributed by atoms with van der Waals surface area (Å²) >= 11 is 0. The van der Waals surface area contributed by atoms with Crippen molar-refractivity contribution in [1.29, 1.82) is 0 Å². The van der Waals surface area contributed by atoms with Crippen LogP contribution in [0.4, 0.5) is 0 Å². The number of hydrogen-bond donors (Lipinski definition) is 2. The largest absolute Gasteiger partial charge is 0.358 e. The molecule has 0 aromatic rings. The Morgan fingerprint density at radius 1 is 1.55 bits per heavy atom. The van der Waals surface area contributed by atoms with Crippen LogP contribution in [0.3, 0.4) is 0 Å². The lowest BCUT2D eigenvalue weighted by Gasteiger charge is -2.24. The fourth-order valence-electron chi connectivity index (χ4n) is 1.46. The maximum absolute atomic E-state index is 5.73. The van der Waals surface area contributed by atoms with E-state index in [2.05, 4.69) is 24.5 Å². The van der Waals surface area contributed by atoms with Crippen molar-refractivity contribution in [2.24, 2.45) is 0 Å². The molecule has 1 aliphatic heterocycles. The summed E-state index contributed by atoms with van der Waals surface area (Å²) in [6.07, 6.45) is 0.915. The number of nitrogens with two attached hydrogens (primary N) is 2. The van der Waals surface area contributed by atoms with Crippen LogP contribution >= 0.6 is 0 Å². The zero-order valence-corrected chi connectivity index (χ0v) is 7.55. The highest BCUT2D eigenvalue weighted by Gasteiger charge is 2.22. The fraction of sp³-hybridized carbons (Fsp3) is 1.00. The maximum Gasteiger partial charge on any atom is 0.155 e. The van der Waals surface area contributed by atoms with Crippen LogP contribution in [0.1, 0.15) is 13.8 Å². The van der Waals surface area contributed by atoms with Gasteiger partial charge in [0.2, 0.25) is 0 Å². The van der Waals surface area contributed by atoms with Crippen molar-refractivity contribution in [1.82, 2.24) is 0 Å². The molecule has 0 spiro atoms. The van der Waals surface area contributed by atoms with E-state index in [1.54, 1.807) is 0 Å². The van der Waals surface area contributed by atoms with Crippen LogP contribution in [0.5, 0.6) is 0 Å². The van der Waals surface area contributed by atoms with Crippen LogP contribution in [-0.4, -0.2) is 38.4 Å². The smallest absolute Gasteiger partial charge is 0.155 e. The Morgan fingerprint density at radius 3 is 3.00 bits per heavy atom. The molecular weight excluding hydrogens is 140 g/mol. The van der Waals surface area contributed by atoms with E-state index < -0.39 is 0 Å². The molecule has 4 N–H and O–H groups in total. The maximum atomic E-state index is 5.73. The second-order valence-electron chi connectivity index (χ2n) is 3.26. The Balaban J connectivity index is 2.12. The molecule has 1 fully saturated rings. The Hall–Kier alpha value is -0.120. The van der Waals surface area contributed by atoms with E-state index in [1.165, 1.54) is 0 Å². The lowest BCUT2D eigenvalue weighted by molar-refractivity contribution is -0.709. The van der Waals surface area contributed by atoms with Gasteiger partial charge < -0.3 is 15.4 Å². The number of morpholine rings is 1. The summed E-state index contributed by atoms with van der Waals surface area (Å²) in [7, 11) is 0. The van der Waals surface area contributed by atoms with Crippen molar-refractivity contribution in [3.05, 3.63) is 0 Å². The van der Waals surface area contributed by atoms with E-state index in [1.807, 2.05) is 0 Å². The average Bonchev–Trinajstić information content (AvgIpc) is 2.01. The van der Waals surface area contributed by atoms with Gasteiger partial charge in [-0.25, -0.2) is 0 Å². The fourth-order valence-corrected chi connectivity index (χ4v) is 1.46. The molecule has 0 aliphatic carbocycles. The lowest BCUT2D eigenvalue weighted by atomic mass is 10.2. The highest BCUT2D eigenvalue weighted by molar-refractivity contribution is 4.59. The van der Waals surface area contributed by atoms with Crippen molar-refractivity contribution in [2.75, 3.05) is 26.2 Å². The second kappa shape index (κ2) is 4.70. The van der Waals surface area contributed by atoms with Gasteiger partial charge in [0.05, 0.1) is 6.54 Å². The third-order valence-electron chi connectivity index (χ3n) is 2.07. The molecule has 3 nitrogen and oxygen atoms in total. The topological polar surface area (TPSA) is 42.5 Å². The van der Waals surface area contributed by atoms with Gasteiger partial charge in [0.15, 0.2) is 6.10 Å². The highest BCUT2D eigenvalue weighted by atomic mass is 16.5. The first-order chi connectivity index (χ1) is 5.33. The average molecular weight is 160 g/mol. The van der Waals surface area contributed by atoms with E-state index >= 15 is 0 Å². The van der Waals surface area contributed by atoms with Gasteiger partial charge >= 0.3 is 0 Å². The van der Waals surface area contributed by atoms with E-state index in [4.69, 9.17) is 4.74 Å². The molecule has 0 saturated carbocycles. The first-order valence-corrected chi connectivity index (χ1v) is 4.61. The summed E-state index contributed by atoms with van der Waals surface area (Å²) < 4.78 is 5.73. The molecule has 0 unspecified atom stereocenters. The van der Waals surface area contributed by atoms with Crippen molar-refractivity contribution < 1.29 is 15.4 Å². The monoisotopic (exact) mass is 160 g/mol. The number of likely N-dealkylation sites (N-methyl/N-ethyl adjacent to an activating group) is 1. The molecule has 0 aromatic heterocycles. The Bertz CT molecular complexity index is 108. The molecule has 3 heteroatoms. The van der Waals surface area contributed by atoms with Crippen molar-refractivity contribution >= 4 is 0 Å². The summed E-state index contributed by atoms with van der Waals surface area (Å²) in [6.45, 7) is 8.87. The van der Waals surface area contributed by atoms with Crippen LogP contribution < -0.4 is 10.6 Å². The molecule has 0 bridgehead atoms. The molecule has 1 heterocycles. The van der Waals surface area contributed by atoms with E-state index in [-0.39, 0.29) is 0 Å². The molecule has 1 rings (SSSR count). The number of ether oxygens (including phenoxy) is 1. The molecule has 0 amide bonds. The van der Waals surface area contributed by atoms with Crippen LogP contribution in [0.15, 0.2) is 0 Å². The Morgan fingerprint density at radius 2 is 2.36 bits per heavy atom. The highest BCUT2D eigenvalue weighted by Crippen LogP contribution is 1.95. The van der Waals surface area contributed by atoms with Crippen LogP contribution in [0.25, 0.3) is 0 Å². The van der Waals surface area contributed by atoms with Crippen molar-refractivity contribution in [2.45, 2.75) is 26.1 Å². The van der Waals surface area contributed by atoms with Gasteiger partial charge in [0, 0.05) is 0 Å². The molecule has 11 heavy (non-hydrogen) atoms. The molecule has 1 aliphatic rings. The van der Waals surface area contributed by atoms with E-state index in [9.17, 15) is 0 Å². The zero-order valence-electron chi connectivity index (χ0n) is 7.55. The quantitative estimate of drug-likeness (QED) is 0.489. The first-order valence-electron chi connectivity index (χ1n) is 4.61. The molecule has 0 aromatic carbocycles. The van der Waals surface area contributed by atoms with Crippen molar-refractivity contribution in [3.8, 4) is 0 Å².